The van der Waals surface area contributed by atoms with Crippen LogP contribution in [0.1, 0.15) is 16.1 Å². The number of nitrogens with two attached hydrogens (primary N) is 1. The second kappa shape index (κ2) is 2.98. The number of aryl methyl sites for hydroxylation is 2. The Balaban J connectivity index is 3.02. The molecule has 1 amide bonds. The van der Waals surface area contributed by atoms with Gasteiger partial charge in [-0.2, -0.15) is 0 Å². The molecule has 0 radical (unpaired) electrons. The van der Waals surface area contributed by atoms with E-state index in [1.807, 2.05) is 13.1 Å². The van der Waals surface area contributed by atoms with E-state index in [-0.39, 0.29) is 11.3 Å². The number of nitrogens with one attached hydrogen (secondary N) is 1. The van der Waals surface area contributed by atoms with Gasteiger partial charge in [0.25, 0.3) is 5.91 Å². The fraction of sp³-hybridized carbons (Fsp3) is 0.200. The van der Waals surface area contributed by atoms with Crippen LogP contribution in [0.4, 0.5) is 0 Å². The van der Waals surface area contributed by atoms with Gasteiger partial charge in [0, 0.05) is 24.7 Å². The number of rotatable bonds is 1. The maximum atomic E-state index is 11.3. The van der Waals surface area contributed by atoms with Crippen molar-refractivity contribution >= 4 is 16.8 Å². The van der Waals surface area contributed by atoms with E-state index in [4.69, 9.17) is 5.73 Å². The van der Waals surface area contributed by atoms with Gasteiger partial charge in [0.15, 0.2) is 0 Å². The van der Waals surface area contributed by atoms with E-state index >= 15 is 0 Å². The molecule has 0 aliphatic carbocycles. The summed E-state index contributed by atoms with van der Waals surface area (Å²) in [6, 6.07) is 1.47. The van der Waals surface area contributed by atoms with E-state index in [9.17, 15) is 9.59 Å². The van der Waals surface area contributed by atoms with Gasteiger partial charge in [-0.05, 0) is 12.5 Å². The maximum Gasteiger partial charge on any atom is 0.267 e. The Kier molecular flexibility index (Phi) is 1.89. The molecular weight excluding hydrogens is 194 g/mol. The quantitative estimate of drug-likeness (QED) is 0.700. The number of carbonyl (C=O) groups excluding carboxylic acids is 1. The van der Waals surface area contributed by atoms with E-state index < -0.39 is 5.91 Å². The van der Waals surface area contributed by atoms with Gasteiger partial charge in [-0.15, -0.1) is 0 Å². The molecule has 0 saturated heterocycles. The number of aromatic nitrogens is 2. The SMILES string of the molecule is Cc1cn(C)c2c(C(N)=O)[nH]c(=O)cc12. The highest BCUT2D eigenvalue weighted by Gasteiger charge is 2.13. The third-order valence-electron chi connectivity index (χ3n) is 2.43. The van der Waals surface area contributed by atoms with Crippen LogP contribution in [-0.4, -0.2) is 15.5 Å². The predicted molar refractivity (Wildman–Crippen MR) is 56.8 cm³/mol. The van der Waals surface area contributed by atoms with Gasteiger partial charge in [0.05, 0.1) is 5.52 Å². The first-order valence-electron chi connectivity index (χ1n) is 4.49. The van der Waals surface area contributed by atoms with E-state index in [2.05, 4.69) is 4.98 Å². The minimum atomic E-state index is -0.626. The summed E-state index contributed by atoms with van der Waals surface area (Å²) in [5.74, 6) is -0.626. The first-order chi connectivity index (χ1) is 7.00. The molecular formula is C10H11N3O2. The number of carbonyl (C=O) groups is 1. The van der Waals surface area contributed by atoms with Gasteiger partial charge in [-0.1, -0.05) is 0 Å². The van der Waals surface area contributed by atoms with Crippen molar-refractivity contribution in [1.82, 2.24) is 9.55 Å². The largest absolute Gasteiger partial charge is 0.364 e. The molecule has 15 heavy (non-hydrogen) atoms. The highest BCUT2D eigenvalue weighted by atomic mass is 16.1. The zero-order valence-corrected chi connectivity index (χ0v) is 8.50. The van der Waals surface area contributed by atoms with Crippen molar-refractivity contribution in [3.63, 3.8) is 0 Å². The fourth-order valence-electron chi connectivity index (χ4n) is 1.82. The fourth-order valence-corrected chi connectivity index (χ4v) is 1.82. The molecule has 78 valence electrons. The van der Waals surface area contributed by atoms with Crippen molar-refractivity contribution in [2.24, 2.45) is 12.8 Å². The van der Waals surface area contributed by atoms with Crippen molar-refractivity contribution in [2.75, 3.05) is 0 Å². The van der Waals surface area contributed by atoms with Crippen LogP contribution in [0.15, 0.2) is 17.1 Å². The van der Waals surface area contributed by atoms with Crippen LogP contribution in [0.25, 0.3) is 10.9 Å². The van der Waals surface area contributed by atoms with Crippen LogP contribution in [0, 0.1) is 6.92 Å². The van der Waals surface area contributed by atoms with Crippen molar-refractivity contribution in [2.45, 2.75) is 6.92 Å². The molecule has 0 unspecified atom stereocenters. The molecule has 0 spiro atoms. The van der Waals surface area contributed by atoms with Gasteiger partial charge >= 0.3 is 0 Å². The second-order valence-electron chi connectivity index (χ2n) is 3.56. The molecule has 0 aliphatic rings. The molecule has 0 aliphatic heterocycles. The molecule has 0 aromatic carbocycles. The van der Waals surface area contributed by atoms with Crippen molar-refractivity contribution in [1.29, 1.82) is 0 Å². The Morgan fingerprint density at radius 3 is 2.80 bits per heavy atom. The minimum absolute atomic E-state index is 0.160. The Bertz CT molecular complexity index is 607. The molecule has 2 aromatic rings. The summed E-state index contributed by atoms with van der Waals surface area (Å²) in [4.78, 5) is 24.9. The first-order valence-corrected chi connectivity index (χ1v) is 4.49. The lowest BCUT2D eigenvalue weighted by Gasteiger charge is -2.01. The third-order valence-corrected chi connectivity index (χ3v) is 2.43. The zero-order chi connectivity index (χ0) is 11.2. The number of hydrogen-bond acceptors (Lipinski definition) is 2. The van der Waals surface area contributed by atoms with Crippen LogP contribution in [-0.2, 0) is 7.05 Å². The highest BCUT2D eigenvalue weighted by molar-refractivity contribution is 6.04. The third kappa shape index (κ3) is 1.32. The van der Waals surface area contributed by atoms with E-state index in [0.717, 1.165) is 10.9 Å². The summed E-state index contributed by atoms with van der Waals surface area (Å²) in [5, 5.41) is 0.759. The number of pyridine rings is 1. The van der Waals surface area contributed by atoms with E-state index in [1.165, 1.54) is 6.07 Å². The van der Waals surface area contributed by atoms with Crippen LogP contribution in [0.5, 0.6) is 0 Å². The molecule has 0 fully saturated rings. The minimum Gasteiger partial charge on any atom is -0.364 e. The molecule has 5 heteroatoms. The summed E-state index contributed by atoms with van der Waals surface area (Å²) < 4.78 is 1.78. The molecule has 5 nitrogen and oxygen atoms in total. The molecule has 2 heterocycles. The summed E-state index contributed by atoms with van der Waals surface area (Å²) >= 11 is 0. The van der Waals surface area contributed by atoms with Gasteiger partial charge in [-0.3, -0.25) is 9.59 Å². The lowest BCUT2D eigenvalue weighted by Crippen LogP contribution is -2.19. The molecule has 0 saturated carbocycles. The summed E-state index contributed by atoms with van der Waals surface area (Å²) in [6.45, 7) is 1.88. The maximum absolute atomic E-state index is 11.3. The van der Waals surface area contributed by atoms with Crippen molar-refractivity contribution in [3.05, 3.63) is 33.9 Å². The Morgan fingerprint density at radius 1 is 1.53 bits per heavy atom. The van der Waals surface area contributed by atoms with Crippen LogP contribution >= 0.6 is 0 Å². The topological polar surface area (TPSA) is 80.9 Å². The lowest BCUT2D eigenvalue weighted by atomic mass is 10.2. The molecule has 2 rings (SSSR count). The second-order valence-corrected chi connectivity index (χ2v) is 3.56. The monoisotopic (exact) mass is 205 g/mol. The zero-order valence-electron chi connectivity index (χ0n) is 8.50. The van der Waals surface area contributed by atoms with Gasteiger partial charge < -0.3 is 15.3 Å². The molecule has 0 bridgehead atoms. The van der Waals surface area contributed by atoms with E-state index in [0.29, 0.717) is 5.52 Å². The number of hydrogen-bond donors (Lipinski definition) is 2. The lowest BCUT2D eigenvalue weighted by molar-refractivity contribution is 0.0996. The Labute approximate surface area is 85.5 Å². The first kappa shape index (κ1) is 9.51. The van der Waals surface area contributed by atoms with Crippen molar-refractivity contribution < 1.29 is 4.79 Å². The number of fused-ring (bicyclic) bond motifs is 1. The average molecular weight is 205 g/mol. The van der Waals surface area contributed by atoms with Gasteiger partial charge in [-0.25, -0.2) is 0 Å². The summed E-state index contributed by atoms with van der Waals surface area (Å²) in [5.41, 5.74) is 6.66. The molecule has 2 aromatic heterocycles. The number of aromatic amines is 1. The number of H-pyrrole nitrogens is 1. The highest BCUT2D eigenvalue weighted by Crippen LogP contribution is 2.19. The Hall–Kier alpha value is -2.04. The average Bonchev–Trinajstić information content (AvgIpc) is 2.41. The number of nitrogens with zero attached hydrogens (tertiary/aromatic N) is 1. The smallest absolute Gasteiger partial charge is 0.267 e. The predicted octanol–water partition coefficient (Wildman–Crippen LogP) is 0.274. The van der Waals surface area contributed by atoms with Crippen LogP contribution < -0.4 is 11.3 Å². The molecule has 3 N–H and O–H groups in total. The van der Waals surface area contributed by atoms with E-state index in [1.54, 1.807) is 11.6 Å². The summed E-state index contributed by atoms with van der Waals surface area (Å²) in [6.07, 6.45) is 1.85. The van der Waals surface area contributed by atoms with Gasteiger partial charge in [0.1, 0.15) is 5.69 Å². The number of amides is 1. The molecule has 0 atom stereocenters. The normalized spacial score (nSPS) is 10.8. The van der Waals surface area contributed by atoms with Gasteiger partial charge in [0.2, 0.25) is 5.56 Å². The standard InChI is InChI=1S/C10H11N3O2/c1-5-4-13(2)9-6(5)3-7(14)12-8(9)10(11)15/h3-4H,1-2H3,(H2,11,15)(H,12,14). The summed E-state index contributed by atoms with van der Waals surface area (Å²) in [7, 11) is 1.81. The van der Waals surface area contributed by atoms with Crippen LogP contribution in [0.2, 0.25) is 0 Å². The van der Waals surface area contributed by atoms with Crippen LogP contribution in [0.3, 0.4) is 0 Å². The number of primary amides is 1. The Morgan fingerprint density at radius 2 is 2.20 bits per heavy atom. The van der Waals surface area contributed by atoms with Crippen molar-refractivity contribution in [3.8, 4) is 0 Å².